The van der Waals surface area contributed by atoms with E-state index in [0.29, 0.717) is 49.4 Å². The molecule has 1 aliphatic carbocycles. The Hall–Kier alpha value is -2.55. The molecule has 4 rings (SSSR count). The van der Waals surface area contributed by atoms with Crippen molar-refractivity contribution < 1.29 is 23.5 Å². The van der Waals surface area contributed by atoms with Crippen LogP contribution >= 0.6 is 11.8 Å². The lowest BCUT2D eigenvalue weighted by Gasteiger charge is -2.44. The van der Waals surface area contributed by atoms with Crippen molar-refractivity contribution in [1.82, 2.24) is 15.1 Å². The molecule has 2 saturated heterocycles. The van der Waals surface area contributed by atoms with Crippen LogP contribution in [0, 0.1) is 11.7 Å². The van der Waals surface area contributed by atoms with Crippen LogP contribution in [0.15, 0.2) is 29.2 Å². The Labute approximate surface area is 204 Å². The van der Waals surface area contributed by atoms with Gasteiger partial charge < -0.3 is 19.9 Å². The second-order valence-corrected chi connectivity index (χ2v) is 10.4. The zero-order valence-corrected chi connectivity index (χ0v) is 20.5. The van der Waals surface area contributed by atoms with Crippen molar-refractivity contribution in [2.45, 2.75) is 56.4 Å². The minimum absolute atomic E-state index is 0.0227. The summed E-state index contributed by atoms with van der Waals surface area (Å²) in [6.07, 6.45) is 4.97. The number of carbonyl (C=O) groups is 3. The fourth-order valence-electron chi connectivity index (χ4n) is 5.01. The van der Waals surface area contributed by atoms with E-state index in [0.717, 1.165) is 12.8 Å². The van der Waals surface area contributed by atoms with Gasteiger partial charge in [0.2, 0.25) is 5.91 Å². The van der Waals surface area contributed by atoms with Gasteiger partial charge in [-0.2, -0.15) is 0 Å². The lowest BCUT2D eigenvalue weighted by atomic mass is 9.83. The third-order valence-corrected chi connectivity index (χ3v) is 8.39. The zero-order chi connectivity index (χ0) is 24.2. The first kappa shape index (κ1) is 24.6. The summed E-state index contributed by atoms with van der Waals surface area (Å²) in [6, 6.07) is 6.47. The molecule has 34 heavy (non-hydrogen) atoms. The molecule has 1 saturated carbocycles. The molecule has 3 unspecified atom stereocenters. The van der Waals surface area contributed by atoms with Crippen molar-refractivity contribution in [3.63, 3.8) is 0 Å². The number of ether oxygens (including phenoxy) is 1. The minimum atomic E-state index is -0.346. The number of thioether (sulfide) groups is 1. The maximum Gasteiger partial charge on any atom is 0.409 e. The van der Waals surface area contributed by atoms with Gasteiger partial charge in [0.05, 0.1) is 11.5 Å². The predicted octanol–water partition coefficient (Wildman–Crippen LogP) is 3.65. The molecule has 1 N–H and O–H groups in total. The van der Waals surface area contributed by atoms with Crippen LogP contribution in [0.4, 0.5) is 9.18 Å². The summed E-state index contributed by atoms with van der Waals surface area (Å²) < 4.78 is 19.1. The molecular formula is C25H32FN3O4S. The lowest BCUT2D eigenvalue weighted by Crippen LogP contribution is -2.53. The van der Waals surface area contributed by atoms with Gasteiger partial charge in [0.1, 0.15) is 5.82 Å². The molecule has 2 aliphatic heterocycles. The number of likely N-dealkylation sites (tertiary alicyclic amines) is 1. The van der Waals surface area contributed by atoms with E-state index < -0.39 is 0 Å². The minimum Gasteiger partial charge on any atom is -0.450 e. The Kier molecular flexibility index (Phi) is 7.80. The molecule has 3 atom stereocenters. The van der Waals surface area contributed by atoms with Crippen LogP contribution in [0.5, 0.6) is 0 Å². The van der Waals surface area contributed by atoms with Crippen molar-refractivity contribution in [3.05, 3.63) is 40.6 Å². The Morgan fingerprint density at radius 3 is 2.65 bits per heavy atom. The first-order valence-corrected chi connectivity index (χ1v) is 12.9. The summed E-state index contributed by atoms with van der Waals surface area (Å²) in [5.41, 5.74) is 0.410. The van der Waals surface area contributed by atoms with E-state index in [4.69, 9.17) is 4.74 Å². The van der Waals surface area contributed by atoms with Gasteiger partial charge in [-0.3, -0.25) is 9.59 Å². The fourth-order valence-corrected chi connectivity index (χ4v) is 6.48. The van der Waals surface area contributed by atoms with Gasteiger partial charge in [-0.1, -0.05) is 18.2 Å². The van der Waals surface area contributed by atoms with Crippen LogP contribution in [0.25, 0.3) is 6.08 Å². The SMILES string of the molecule is CCOC(=O)N1CCC(NC(=O)C2CCC3S/C(=C\c4ccccc4F)C(=O)N(C)C3C2)CC1. The number of nitrogens with one attached hydrogen (secondary N) is 1. The number of hydrogen-bond donors (Lipinski definition) is 1. The number of likely N-dealkylation sites (N-methyl/N-ethyl adjacent to an activating group) is 1. The summed E-state index contributed by atoms with van der Waals surface area (Å²) in [5.74, 6) is -0.576. The summed E-state index contributed by atoms with van der Waals surface area (Å²) in [6.45, 7) is 3.29. The Morgan fingerprint density at radius 1 is 1.21 bits per heavy atom. The quantitative estimate of drug-likeness (QED) is 0.654. The average molecular weight is 490 g/mol. The number of fused-ring (bicyclic) bond motifs is 1. The highest BCUT2D eigenvalue weighted by Gasteiger charge is 2.43. The number of rotatable bonds is 4. The highest BCUT2D eigenvalue weighted by atomic mass is 32.2. The molecule has 0 aromatic heterocycles. The molecule has 1 aromatic carbocycles. The van der Waals surface area contributed by atoms with E-state index in [1.54, 1.807) is 48.0 Å². The second kappa shape index (κ2) is 10.8. The largest absolute Gasteiger partial charge is 0.450 e. The Bertz CT molecular complexity index is 963. The topological polar surface area (TPSA) is 79.0 Å². The number of carbonyl (C=O) groups excluding carboxylic acids is 3. The van der Waals surface area contributed by atoms with Gasteiger partial charge in [-0.05, 0) is 51.2 Å². The number of piperidine rings is 1. The maximum absolute atomic E-state index is 14.1. The summed E-state index contributed by atoms with van der Waals surface area (Å²) >= 11 is 1.51. The number of hydrogen-bond acceptors (Lipinski definition) is 5. The molecule has 7 nitrogen and oxygen atoms in total. The molecule has 3 aliphatic rings. The predicted molar refractivity (Wildman–Crippen MR) is 129 cm³/mol. The number of nitrogens with zero attached hydrogens (tertiary/aromatic N) is 2. The monoisotopic (exact) mass is 489 g/mol. The van der Waals surface area contributed by atoms with Gasteiger partial charge >= 0.3 is 6.09 Å². The highest BCUT2D eigenvalue weighted by Crippen LogP contribution is 2.43. The van der Waals surface area contributed by atoms with Crippen molar-refractivity contribution in [2.75, 3.05) is 26.7 Å². The van der Waals surface area contributed by atoms with Crippen molar-refractivity contribution in [3.8, 4) is 0 Å². The number of amides is 3. The van der Waals surface area contributed by atoms with E-state index in [-0.39, 0.29) is 47.0 Å². The van der Waals surface area contributed by atoms with E-state index in [1.807, 2.05) is 0 Å². The van der Waals surface area contributed by atoms with Crippen LogP contribution in [-0.4, -0.2) is 71.8 Å². The summed E-state index contributed by atoms with van der Waals surface area (Å²) in [5, 5.41) is 3.36. The van der Waals surface area contributed by atoms with E-state index in [1.165, 1.54) is 17.8 Å². The van der Waals surface area contributed by atoms with Gasteiger partial charge in [0, 0.05) is 49.0 Å². The second-order valence-electron chi connectivity index (χ2n) is 9.15. The molecule has 0 bridgehead atoms. The van der Waals surface area contributed by atoms with Gasteiger partial charge in [0.25, 0.3) is 5.91 Å². The number of benzene rings is 1. The summed E-state index contributed by atoms with van der Waals surface area (Å²) in [7, 11) is 1.78. The van der Waals surface area contributed by atoms with Crippen LogP contribution in [0.1, 0.15) is 44.6 Å². The van der Waals surface area contributed by atoms with Crippen molar-refractivity contribution >= 4 is 35.7 Å². The molecule has 184 valence electrons. The fraction of sp³-hybridized carbons (Fsp3) is 0.560. The first-order chi connectivity index (χ1) is 16.4. The van der Waals surface area contributed by atoms with Crippen molar-refractivity contribution in [1.29, 1.82) is 0 Å². The molecule has 3 fully saturated rings. The third kappa shape index (κ3) is 5.40. The molecule has 1 aromatic rings. The average Bonchev–Trinajstić information content (AvgIpc) is 2.84. The third-order valence-electron chi connectivity index (χ3n) is 6.99. The molecule has 2 heterocycles. The molecule has 0 radical (unpaired) electrons. The van der Waals surface area contributed by atoms with E-state index >= 15 is 0 Å². The molecular weight excluding hydrogens is 457 g/mol. The summed E-state index contributed by atoms with van der Waals surface area (Å²) in [4.78, 5) is 41.8. The first-order valence-electron chi connectivity index (χ1n) is 12.0. The van der Waals surface area contributed by atoms with Gasteiger partial charge in [-0.15, -0.1) is 11.8 Å². The standard InChI is InChI=1S/C25H32FN3O4S/c1-3-33-25(32)29-12-10-18(11-13-29)27-23(30)17-8-9-21-20(14-17)28(2)24(31)22(34-21)15-16-6-4-5-7-19(16)26/h4-7,15,17-18,20-21H,3,8-14H2,1-2H3,(H,27,30)/b22-15-. The maximum atomic E-state index is 14.1. The Balaban J connectivity index is 1.32. The lowest BCUT2D eigenvalue weighted by molar-refractivity contribution is -0.132. The Morgan fingerprint density at radius 2 is 1.94 bits per heavy atom. The highest BCUT2D eigenvalue weighted by molar-refractivity contribution is 8.04. The van der Waals surface area contributed by atoms with Crippen molar-refractivity contribution in [2.24, 2.45) is 5.92 Å². The van der Waals surface area contributed by atoms with Gasteiger partial charge in [-0.25, -0.2) is 9.18 Å². The molecule has 3 amide bonds. The zero-order valence-electron chi connectivity index (χ0n) is 19.7. The van der Waals surface area contributed by atoms with E-state index in [9.17, 15) is 18.8 Å². The smallest absolute Gasteiger partial charge is 0.409 e. The van der Waals surface area contributed by atoms with Gasteiger partial charge in [0.15, 0.2) is 0 Å². The van der Waals surface area contributed by atoms with E-state index in [2.05, 4.69) is 5.32 Å². The molecule has 0 spiro atoms. The molecule has 9 heteroatoms. The van der Waals surface area contributed by atoms with Crippen LogP contribution in [0.2, 0.25) is 0 Å². The van der Waals surface area contributed by atoms with Crippen LogP contribution < -0.4 is 5.32 Å². The normalized spacial score (nSPS) is 26.9. The van der Waals surface area contributed by atoms with Crippen LogP contribution in [-0.2, 0) is 14.3 Å². The number of halogens is 1. The van der Waals surface area contributed by atoms with Crippen LogP contribution in [0.3, 0.4) is 0 Å².